The molecule has 0 spiro atoms. The van der Waals surface area contributed by atoms with Crippen LogP contribution in [0.15, 0.2) is 0 Å². The molecule has 1 aliphatic carbocycles. The molecule has 1 fully saturated rings. The van der Waals surface area contributed by atoms with E-state index in [9.17, 15) is 0 Å². The summed E-state index contributed by atoms with van der Waals surface area (Å²) in [5.74, 6) is 0. The molecule has 0 nitrogen and oxygen atoms in total. The molecule has 0 atom stereocenters. The Morgan fingerprint density at radius 2 is 1.56 bits per heavy atom. The van der Waals surface area contributed by atoms with E-state index >= 15 is 0 Å². The molecule has 0 N–H and O–H groups in total. The van der Waals surface area contributed by atoms with Crippen LogP contribution in [0.1, 0.15) is 12.8 Å². The number of hydrogen-bond acceptors (Lipinski definition) is 0. The van der Waals surface area contributed by atoms with Crippen LogP contribution in [-0.2, 0) is 0 Å². The molecule has 0 aromatic heterocycles. The summed E-state index contributed by atoms with van der Waals surface area (Å²) in [7, 11) is 0. The third kappa shape index (κ3) is 2.59. The molecule has 0 aliphatic heterocycles. The summed E-state index contributed by atoms with van der Waals surface area (Å²) < 4.78 is 3.30. The molecule has 54 valence electrons. The van der Waals surface area contributed by atoms with Crippen LogP contribution >= 0.6 is 0 Å². The quantitative estimate of drug-likeness (QED) is 0.679. The molecule has 1 saturated carbocycles. The normalized spacial score (nSPS) is 22.0. The van der Waals surface area contributed by atoms with Crippen LogP contribution in [0.4, 0.5) is 0 Å². The molecule has 0 radical (unpaired) electrons. The number of rotatable bonds is 4. The van der Waals surface area contributed by atoms with Gasteiger partial charge in [-0.2, -0.15) is 0 Å². The van der Waals surface area contributed by atoms with Crippen molar-refractivity contribution < 1.29 is 0 Å². The first-order valence-electron chi connectivity index (χ1n) is 3.31. The van der Waals surface area contributed by atoms with Crippen LogP contribution in [-0.4, -0.2) is 41.8 Å². The molecular formula is C7H14Te2. The van der Waals surface area contributed by atoms with Crippen molar-refractivity contribution in [3.8, 4) is 0 Å². The zero-order chi connectivity index (χ0) is 6.74. The average molecular weight is 353 g/mol. The van der Waals surface area contributed by atoms with E-state index in [4.69, 9.17) is 0 Å². The molecule has 0 aromatic carbocycles. The first-order valence-corrected chi connectivity index (χ1v) is 11.3. The topological polar surface area (TPSA) is 0 Å². The van der Waals surface area contributed by atoms with Crippen LogP contribution in [0.2, 0.25) is 18.9 Å². The molecular weight excluding hydrogens is 339 g/mol. The molecule has 0 bridgehead atoms. The van der Waals surface area contributed by atoms with E-state index in [1.165, 1.54) is 0 Å². The van der Waals surface area contributed by atoms with E-state index in [2.05, 4.69) is 9.94 Å². The summed E-state index contributed by atoms with van der Waals surface area (Å²) in [6, 6.07) is 0. The van der Waals surface area contributed by atoms with E-state index in [1.54, 1.807) is 21.8 Å². The van der Waals surface area contributed by atoms with Gasteiger partial charge in [0.2, 0.25) is 0 Å². The van der Waals surface area contributed by atoms with Gasteiger partial charge in [0.1, 0.15) is 0 Å². The van der Waals surface area contributed by atoms with Crippen molar-refractivity contribution in [3.63, 3.8) is 0 Å². The first kappa shape index (κ1) is 8.67. The van der Waals surface area contributed by atoms with Gasteiger partial charge in [0, 0.05) is 0 Å². The van der Waals surface area contributed by atoms with Crippen molar-refractivity contribution in [2.75, 3.05) is 0 Å². The fourth-order valence-electron chi connectivity index (χ4n) is 1.12. The molecule has 1 rings (SSSR count). The van der Waals surface area contributed by atoms with Gasteiger partial charge < -0.3 is 0 Å². The Kier molecular flexibility index (Phi) is 3.69. The monoisotopic (exact) mass is 358 g/mol. The van der Waals surface area contributed by atoms with E-state index < -0.39 is 0 Å². The van der Waals surface area contributed by atoms with Gasteiger partial charge in [0.15, 0.2) is 0 Å². The van der Waals surface area contributed by atoms with Gasteiger partial charge in [-0.3, -0.25) is 0 Å². The Morgan fingerprint density at radius 3 is 1.78 bits per heavy atom. The van der Waals surface area contributed by atoms with Crippen LogP contribution in [0.5, 0.6) is 0 Å². The summed E-state index contributed by atoms with van der Waals surface area (Å²) >= 11 is 0.878. The van der Waals surface area contributed by atoms with Crippen molar-refractivity contribution in [1.82, 2.24) is 0 Å². The van der Waals surface area contributed by atoms with E-state index in [0.29, 0.717) is 41.8 Å². The third-order valence-electron chi connectivity index (χ3n) is 1.86. The van der Waals surface area contributed by atoms with Crippen molar-refractivity contribution in [2.24, 2.45) is 5.41 Å². The second-order valence-electron chi connectivity index (χ2n) is 2.87. The number of hydrogen-bond donors (Lipinski definition) is 0. The molecule has 9 heavy (non-hydrogen) atoms. The first-order chi connectivity index (χ1) is 4.33. The van der Waals surface area contributed by atoms with Crippen LogP contribution in [0, 0.1) is 5.41 Å². The SMILES string of the molecule is C[Te]CC1(C[Te]C)CC1. The van der Waals surface area contributed by atoms with Crippen molar-refractivity contribution in [2.45, 2.75) is 31.7 Å². The predicted molar refractivity (Wildman–Crippen MR) is 44.5 cm³/mol. The zero-order valence-corrected chi connectivity index (χ0v) is 10.8. The molecule has 0 amide bonds. The van der Waals surface area contributed by atoms with E-state index in [-0.39, 0.29) is 0 Å². The summed E-state index contributed by atoms with van der Waals surface area (Å²) in [4.78, 5) is 4.89. The van der Waals surface area contributed by atoms with Gasteiger partial charge in [0.25, 0.3) is 0 Å². The minimum atomic E-state index is 0.439. The second kappa shape index (κ2) is 3.82. The van der Waals surface area contributed by atoms with E-state index in [0.717, 1.165) is 5.41 Å². The Labute approximate surface area is 78.3 Å². The molecule has 0 saturated heterocycles. The summed E-state index contributed by atoms with van der Waals surface area (Å²) in [5.41, 5.74) is 0.966. The Hall–Kier alpha value is 1.58. The van der Waals surface area contributed by atoms with E-state index in [1.807, 2.05) is 0 Å². The fourth-order valence-corrected chi connectivity index (χ4v) is 8.10. The van der Waals surface area contributed by atoms with Crippen molar-refractivity contribution >= 4 is 41.8 Å². The third-order valence-corrected chi connectivity index (χ3v) is 7.00. The van der Waals surface area contributed by atoms with Gasteiger partial charge in [-0.05, 0) is 0 Å². The standard InChI is InChI=1S/C7H14Te2/c1-8-5-7(3-4-7)6-9-2/h3-6H2,1-2H3. The van der Waals surface area contributed by atoms with Crippen LogP contribution in [0.25, 0.3) is 0 Å². The fraction of sp³-hybridized carbons (Fsp3) is 1.00. The predicted octanol–water partition coefficient (Wildman–Crippen LogP) is 2.11. The van der Waals surface area contributed by atoms with Crippen LogP contribution in [0.3, 0.4) is 0 Å². The van der Waals surface area contributed by atoms with Gasteiger partial charge in [-0.1, -0.05) is 0 Å². The van der Waals surface area contributed by atoms with Crippen molar-refractivity contribution in [1.29, 1.82) is 0 Å². The Morgan fingerprint density at radius 1 is 1.11 bits per heavy atom. The Bertz CT molecular complexity index is 78.9. The minimum absolute atomic E-state index is 0.439. The maximum atomic E-state index is 2.45. The molecule has 0 aromatic rings. The summed E-state index contributed by atoms with van der Waals surface area (Å²) in [6.07, 6.45) is 3.18. The molecule has 0 heterocycles. The van der Waals surface area contributed by atoms with Gasteiger partial charge in [-0.25, -0.2) is 0 Å². The molecule has 0 unspecified atom stereocenters. The maximum absolute atomic E-state index is 2.45. The second-order valence-corrected chi connectivity index (χ2v) is 7.81. The summed E-state index contributed by atoms with van der Waals surface area (Å²) in [6.45, 7) is 0. The Balaban J connectivity index is 2.17. The summed E-state index contributed by atoms with van der Waals surface area (Å²) in [5, 5.41) is 0. The van der Waals surface area contributed by atoms with Gasteiger partial charge in [0.05, 0.1) is 0 Å². The zero-order valence-electron chi connectivity index (χ0n) is 6.14. The van der Waals surface area contributed by atoms with Gasteiger partial charge in [-0.15, -0.1) is 0 Å². The molecule has 2 heteroatoms. The van der Waals surface area contributed by atoms with Crippen molar-refractivity contribution in [3.05, 3.63) is 0 Å². The van der Waals surface area contributed by atoms with Crippen LogP contribution < -0.4 is 0 Å². The molecule has 1 aliphatic rings. The van der Waals surface area contributed by atoms with Gasteiger partial charge >= 0.3 is 79.0 Å². The average Bonchev–Trinajstić information content (AvgIpc) is 2.51.